The number of rotatable bonds is 6. The minimum Gasteiger partial charge on any atom is -0.384 e. The lowest BCUT2D eigenvalue weighted by molar-refractivity contribution is 0.0751. The molecule has 0 aliphatic carbocycles. The van der Waals surface area contributed by atoms with Crippen molar-refractivity contribution in [3.63, 3.8) is 0 Å². The Kier molecular flexibility index (Phi) is 5.98. The van der Waals surface area contributed by atoms with Gasteiger partial charge >= 0.3 is 0 Å². The summed E-state index contributed by atoms with van der Waals surface area (Å²) < 4.78 is 0. The molecule has 18 heavy (non-hydrogen) atoms. The Hall–Kier alpha value is -1.23. The van der Waals surface area contributed by atoms with Crippen molar-refractivity contribution in [3.8, 4) is 0 Å². The van der Waals surface area contributed by atoms with Gasteiger partial charge in [0.05, 0.1) is 11.9 Å². The SMILES string of the molecule is CCNc1ccc(C(=O)N(C)C(C)CSC)nc1. The molecule has 0 bridgehead atoms. The second-order valence-electron chi connectivity index (χ2n) is 4.18. The Morgan fingerprint density at radius 3 is 2.78 bits per heavy atom. The molecule has 4 nitrogen and oxygen atoms in total. The van der Waals surface area contributed by atoms with Crippen molar-refractivity contribution in [2.24, 2.45) is 0 Å². The van der Waals surface area contributed by atoms with Crippen molar-refractivity contribution in [2.45, 2.75) is 19.9 Å². The van der Waals surface area contributed by atoms with E-state index in [-0.39, 0.29) is 11.9 Å². The summed E-state index contributed by atoms with van der Waals surface area (Å²) in [7, 11) is 1.82. The van der Waals surface area contributed by atoms with E-state index in [0.29, 0.717) is 5.69 Å². The highest BCUT2D eigenvalue weighted by molar-refractivity contribution is 7.98. The van der Waals surface area contributed by atoms with E-state index in [9.17, 15) is 4.79 Å². The van der Waals surface area contributed by atoms with Crippen LogP contribution in [0.25, 0.3) is 0 Å². The minimum atomic E-state index is -0.0281. The molecule has 0 saturated heterocycles. The zero-order chi connectivity index (χ0) is 13.5. The molecule has 0 spiro atoms. The predicted octanol–water partition coefficient (Wildman–Crippen LogP) is 2.34. The Morgan fingerprint density at radius 2 is 2.28 bits per heavy atom. The molecule has 100 valence electrons. The highest BCUT2D eigenvalue weighted by Gasteiger charge is 2.17. The summed E-state index contributed by atoms with van der Waals surface area (Å²) in [5.74, 6) is 0.900. The quantitative estimate of drug-likeness (QED) is 0.859. The van der Waals surface area contributed by atoms with Crippen molar-refractivity contribution in [1.82, 2.24) is 9.88 Å². The molecule has 1 aromatic rings. The smallest absolute Gasteiger partial charge is 0.272 e. The third kappa shape index (κ3) is 3.91. The third-order valence-corrected chi connectivity index (χ3v) is 3.57. The number of amides is 1. The topological polar surface area (TPSA) is 45.2 Å². The first kappa shape index (κ1) is 14.8. The number of carbonyl (C=O) groups is 1. The van der Waals surface area contributed by atoms with Gasteiger partial charge in [-0.2, -0.15) is 11.8 Å². The van der Waals surface area contributed by atoms with Crippen molar-refractivity contribution >= 4 is 23.4 Å². The maximum atomic E-state index is 12.2. The molecule has 1 atom stereocenters. The fraction of sp³-hybridized carbons (Fsp3) is 0.538. The summed E-state index contributed by atoms with van der Waals surface area (Å²) in [6.45, 7) is 4.91. The normalized spacial score (nSPS) is 12.0. The van der Waals surface area contributed by atoms with Crippen LogP contribution in [0.5, 0.6) is 0 Å². The van der Waals surface area contributed by atoms with Crippen LogP contribution in [0.4, 0.5) is 5.69 Å². The first-order valence-corrected chi connectivity index (χ1v) is 7.45. The lowest BCUT2D eigenvalue weighted by atomic mass is 10.2. The molecular formula is C13H21N3OS. The van der Waals surface area contributed by atoms with Crippen molar-refractivity contribution < 1.29 is 4.79 Å². The van der Waals surface area contributed by atoms with Gasteiger partial charge < -0.3 is 10.2 Å². The average Bonchev–Trinajstić information content (AvgIpc) is 2.38. The van der Waals surface area contributed by atoms with Crippen LogP contribution >= 0.6 is 11.8 Å². The van der Waals surface area contributed by atoms with Gasteiger partial charge in [0.1, 0.15) is 5.69 Å². The van der Waals surface area contributed by atoms with E-state index in [4.69, 9.17) is 0 Å². The number of anilines is 1. The van der Waals surface area contributed by atoms with Gasteiger partial charge in [0, 0.05) is 25.4 Å². The van der Waals surface area contributed by atoms with Crippen molar-refractivity contribution in [2.75, 3.05) is 30.9 Å². The van der Waals surface area contributed by atoms with Crippen LogP contribution in [-0.2, 0) is 0 Å². The summed E-state index contributed by atoms with van der Waals surface area (Å²) in [5.41, 5.74) is 1.43. The molecule has 1 rings (SSSR count). The van der Waals surface area contributed by atoms with Crippen LogP contribution in [0.3, 0.4) is 0 Å². The summed E-state index contributed by atoms with van der Waals surface area (Å²) in [6, 6.07) is 3.86. The lowest BCUT2D eigenvalue weighted by Gasteiger charge is -2.23. The summed E-state index contributed by atoms with van der Waals surface area (Å²) in [5, 5.41) is 3.16. The number of nitrogens with one attached hydrogen (secondary N) is 1. The second kappa shape index (κ2) is 7.26. The van der Waals surface area contributed by atoms with E-state index < -0.39 is 0 Å². The number of pyridine rings is 1. The van der Waals surface area contributed by atoms with Gasteiger partial charge in [0.15, 0.2) is 0 Å². The zero-order valence-electron chi connectivity index (χ0n) is 11.4. The highest BCUT2D eigenvalue weighted by atomic mass is 32.2. The van der Waals surface area contributed by atoms with E-state index in [0.717, 1.165) is 18.0 Å². The van der Waals surface area contributed by atoms with Gasteiger partial charge in [0.2, 0.25) is 0 Å². The molecule has 0 fully saturated rings. The first-order valence-electron chi connectivity index (χ1n) is 6.06. The van der Waals surface area contributed by atoms with Crippen LogP contribution in [0.1, 0.15) is 24.3 Å². The van der Waals surface area contributed by atoms with E-state index in [1.165, 1.54) is 0 Å². The fourth-order valence-corrected chi connectivity index (χ4v) is 2.27. The number of thioether (sulfide) groups is 1. The van der Waals surface area contributed by atoms with Gasteiger partial charge in [-0.25, -0.2) is 4.98 Å². The summed E-state index contributed by atoms with van der Waals surface area (Å²) in [4.78, 5) is 18.1. The molecular weight excluding hydrogens is 246 g/mol. The van der Waals surface area contributed by atoms with Crippen molar-refractivity contribution in [1.29, 1.82) is 0 Å². The zero-order valence-corrected chi connectivity index (χ0v) is 12.3. The number of aromatic nitrogens is 1. The number of carbonyl (C=O) groups excluding carboxylic acids is 1. The van der Waals surface area contributed by atoms with Crippen LogP contribution < -0.4 is 5.32 Å². The van der Waals surface area contributed by atoms with Gasteiger partial charge in [-0.1, -0.05) is 0 Å². The van der Waals surface area contributed by atoms with E-state index in [1.807, 2.05) is 33.2 Å². The number of hydrogen-bond acceptors (Lipinski definition) is 4. The van der Waals surface area contributed by atoms with E-state index in [1.54, 1.807) is 28.9 Å². The van der Waals surface area contributed by atoms with Gasteiger partial charge in [0.25, 0.3) is 5.91 Å². The van der Waals surface area contributed by atoms with E-state index >= 15 is 0 Å². The van der Waals surface area contributed by atoms with Gasteiger partial charge in [-0.05, 0) is 32.2 Å². The predicted molar refractivity (Wildman–Crippen MR) is 78.3 cm³/mol. The summed E-state index contributed by atoms with van der Waals surface area (Å²) in [6.07, 6.45) is 3.74. The largest absolute Gasteiger partial charge is 0.384 e. The van der Waals surface area contributed by atoms with Crippen LogP contribution in [0, 0.1) is 0 Å². The first-order chi connectivity index (χ1) is 8.60. The molecule has 0 aliphatic heterocycles. The molecule has 0 radical (unpaired) electrons. The minimum absolute atomic E-state index is 0.0281. The Labute approximate surface area is 113 Å². The Balaban J connectivity index is 2.71. The van der Waals surface area contributed by atoms with Crippen LogP contribution in [-0.4, -0.2) is 47.4 Å². The van der Waals surface area contributed by atoms with Gasteiger partial charge in [-0.3, -0.25) is 4.79 Å². The highest BCUT2D eigenvalue weighted by Crippen LogP contribution is 2.10. The second-order valence-corrected chi connectivity index (χ2v) is 5.09. The standard InChI is InChI=1S/C13H21N3OS/c1-5-14-11-6-7-12(15-8-11)13(17)16(3)10(2)9-18-4/h6-8,10,14H,5,9H2,1-4H3. The maximum absolute atomic E-state index is 12.2. The maximum Gasteiger partial charge on any atom is 0.272 e. The third-order valence-electron chi connectivity index (χ3n) is 2.75. The molecule has 1 N–H and O–H groups in total. The molecule has 0 aromatic carbocycles. The monoisotopic (exact) mass is 267 g/mol. The van der Waals surface area contributed by atoms with E-state index in [2.05, 4.69) is 10.3 Å². The number of hydrogen-bond donors (Lipinski definition) is 1. The molecule has 0 saturated carbocycles. The average molecular weight is 267 g/mol. The molecule has 1 aromatic heterocycles. The van der Waals surface area contributed by atoms with Gasteiger partial charge in [-0.15, -0.1) is 0 Å². The summed E-state index contributed by atoms with van der Waals surface area (Å²) >= 11 is 1.74. The van der Waals surface area contributed by atoms with Crippen molar-refractivity contribution in [3.05, 3.63) is 24.0 Å². The molecule has 1 amide bonds. The lowest BCUT2D eigenvalue weighted by Crippen LogP contribution is -2.37. The Morgan fingerprint density at radius 1 is 1.56 bits per heavy atom. The van der Waals surface area contributed by atoms with Crippen LogP contribution in [0.15, 0.2) is 18.3 Å². The fourth-order valence-electron chi connectivity index (χ4n) is 1.56. The number of nitrogens with zero attached hydrogens (tertiary/aromatic N) is 2. The molecule has 1 heterocycles. The van der Waals surface area contributed by atoms with Crippen LogP contribution in [0.2, 0.25) is 0 Å². The Bertz CT molecular complexity index is 380. The molecule has 5 heteroatoms. The molecule has 1 unspecified atom stereocenters. The molecule has 0 aliphatic rings.